The molecule has 0 radical (unpaired) electrons. The lowest BCUT2D eigenvalue weighted by Gasteiger charge is -2.36. The van der Waals surface area contributed by atoms with E-state index in [1.54, 1.807) is 11.0 Å². The SMILES string of the molecule is COc1ncc(-c2ccc3cccc(N4CCN(C(=O)/C=C/C(C)=O)CC4)c3n2)cc1NS(=O)(=O)c1ccc(F)cc1F. The second-order valence-electron chi connectivity index (χ2n) is 9.76. The number of carbonyl (C=O) groups is 2. The Morgan fingerprint density at radius 1 is 1.00 bits per heavy atom. The van der Waals surface area contributed by atoms with Crippen molar-refractivity contribution < 1.29 is 31.5 Å². The second kappa shape index (κ2) is 12.1. The first kappa shape index (κ1) is 29.6. The second-order valence-corrected chi connectivity index (χ2v) is 11.4. The third kappa shape index (κ3) is 6.46. The van der Waals surface area contributed by atoms with Gasteiger partial charge in [0, 0.05) is 55.5 Å². The fourth-order valence-electron chi connectivity index (χ4n) is 4.73. The highest BCUT2D eigenvalue weighted by Gasteiger charge is 2.24. The Kier molecular flexibility index (Phi) is 8.35. The number of nitrogens with zero attached hydrogens (tertiary/aromatic N) is 4. The molecule has 0 spiro atoms. The highest BCUT2D eigenvalue weighted by atomic mass is 32.2. The van der Waals surface area contributed by atoms with Gasteiger partial charge < -0.3 is 14.5 Å². The Morgan fingerprint density at radius 3 is 2.47 bits per heavy atom. The summed E-state index contributed by atoms with van der Waals surface area (Å²) in [6.07, 6.45) is 4.03. The molecule has 10 nitrogen and oxygen atoms in total. The van der Waals surface area contributed by atoms with Crippen LogP contribution >= 0.6 is 0 Å². The van der Waals surface area contributed by atoms with E-state index in [0.717, 1.165) is 23.2 Å². The number of ketones is 1. The number of aromatic nitrogens is 2. The monoisotopic (exact) mass is 607 g/mol. The minimum atomic E-state index is -4.45. The number of hydrogen-bond donors (Lipinski definition) is 1. The number of fused-ring (bicyclic) bond motifs is 1. The Bertz CT molecular complexity index is 1860. The summed E-state index contributed by atoms with van der Waals surface area (Å²) >= 11 is 0. The molecular formula is C30H27F2N5O5S. The molecule has 1 fully saturated rings. The van der Waals surface area contributed by atoms with Crippen molar-refractivity contribution >= 4 is 44.0 Å². The molecule has 1 N–H and O–H groups in total. The van der Waals surface area contributed by atoms with Gasteiger partial charge >= 0.3 is 0 Å². The number of methoxy groups -OCH3 is 1. The first-order valence-corrected chi connectivity index (χ1v) is 14.7. The van der Waals surface area contributed by atoms with Crippen LogP contribution in [0.2, 0.25) is 0 Å². The number of rotatable bonds is 8. The summed E-state index contributed by atoms with van der Waals surface area (Å²) in [6, 6.07) is 13.1. The van der Waals surface area contributed by atoms with Crippen LogP contribution in [0.15, 0.2) is 77.8 Å². The first-order valence-electron chi connectivity index (χ1n) is 13.2. The quantitative estimate of drug-likeness (QED) is 0.296. The van der Waals surface area contributed by atoms with E-state index < -0.39 is 26.6 Å². The molecule has 0 unspecified atom stereocenters. The zero-order valence-electron chi connectivity index (χ0n) is 23.3. The summed E-state index contributed by atoms with van der Waals surface area (Å²) < 4.78 is 61.1. The normalized spacial score (nSPS) is 13.9. The maximum absolute atomic E-state index is 14.3. The predicted molar refractivity (Wildman–Crippen MR) is 157 cm³/mol. The van der Waals surface area contributed by atoms with E-state index in [1.807, 2.05) is 24.3 Å². The van der Waals surface area contributed by atoms with Crippen LogP contribution in [0, 0.1) is 11.6 Å². The van der Waals surface area contributed by atoms with E-state index in [2.05, 4.69) is 14.6 Å². The summed E-state index contributed by atoms with van der Waals surface area (Å²) in [4.78, 5) is 35.7. The molecule has 2 aromatic carbocycles. The van der Waals surface area contributed by atoms with Gasteiger partial charge in [0.1, 0.15) is 22.2 Å². The molecule has 3 heterocycles. The average Bonchev–Trinajstić information content (AvgIpc) is 2.99. The van der Waals surface area contributed by atoms with Crippen molar-refractivity contribution in [2.24, 2.45) is 0 Å². The summed E-state index contributed by atoms with van der Waals surface area (Å²) in [5.41, 5.74) is 2.45. The largest absolute Gasteiger partial charge is 0.480 e. The highest BCUT2D eigenvalue weighted by molar-refractivity contribution is 7.92. The Hall–Kier alpha value is -4.91. The molecule has 222 valence electrons. The minimum Gasteiger partial charge on any atom is -0.480 e. The molecule has 1 aliphatic rings. The van der Waals surface area contributed by atoms with Crippen LogP contribution in [-0.2, 0) is 19.6 Å². The standard InChI is InChI=1S/C30H27F2N5O5S/c1-19(38)6-11-28(39)37-14-12-36(13-15-37)26-5-3-4-20-7-9-24(34-29(20)26)21-16-25(30(42-2)33-18-21)35-43(40,41)27-10-8-22(31)17-23(27)32/h3-11,16-18,35H,12-15H2,1-2H3/b11-6+. The van der Waals surface area contributed by atoms with Gasteiger partial charge in [0.2, 0.25) is 11.8 Å². The molecule has 0 aliphatic carbocycles. The number of amides is 1. The van der Waals surface area contributed by atoms with Gasteiger partial charge in [-0.2, -0.15) is 0 Å². The molecule has 13 heteroatoms. The number of carbonyl (C=O) groups excluding carboxylic acids is 2. The van der Waals surface area contributed by atoms with Gasteiger partial charge in [0.25, 0.3) is 10.0 Å². The van der Waals surface area contributed by atoms with Crippen molar-refractivity contribution in [3.63, 3.8) is 0 Å². The molecule has 1 aliphatic heterocycles. The molecule has 4 aromatic rings. The van der Waals surface area contributed by atoms with E-state index in [-0.39, 0.29) is 23.3 Å². The van der Waals surface area contributed by atoms with Crippen LogP contribution in [-0.4, -0.2) is 68.3 Å². The van der Waals surface area contributed by atoms with Crippen molar-refractivity contribution in [1.82, 2.24) is 14.9 Å². The molecule has 0 atom stereocenters. The van der Waals surface area contributed by atoms with Crippen molar-refractivity contribution in [3.05, 3.63) is 84.6 Å². The van der Waals surface area contributed by atoms with Crippen LogP contribution in [0.3, 0.4) is 0 Å². The van der Waals surface area contributed by atoms with Crippen LogP contribution < -0.4 is 14.4 Å². The topological polar surface area (TPSA) is 122 Å². The third-order valence-corrected chi connectivity index (χ3v) is 8.26. The van der Waals surface area contributed by atoms with Gasteiger partial charge in [-0.15, -0.1) is 0 Å². The van der Waals surface area contributed by atoms with Crippen molar-refractivity contribution in [3.8, 4) is 17.1 Å². The Balaban J connectivity index is 1.43. The predicted octanol–water partition coefficient (Wildman–Crippen LogP) is 4.18. The molecule has 5 rings (SSSR count). The Labute approximate surface area is 246 Å². The molecular weight excluding hydrogens is 580 g/mol. The number of sulfonamides is 1. The average molecular weight is 608 g/mol. The molecule has 1 amide bonds. The van der Waals surface area contributed by atoms with Crippen molar-refractivity contribution in [2.45, 2.75) is 11.8 Å². The van der Waals surface area contributed by atoms with E-state index >= 15 is 0 Å². The number of pyridine rings is 2. The summed E-state index contributed by atoms with van der Waals surface area (Å²) in [7, 11) is -3.14. The number of piperazine rings is 1. The van der Waals surface area contributed by atoms with Gasteiger partial charge in [-0.05, 0) is 43.3 Å². The molecule has 1 saturated heterocycles. The smallest absolute Gasteiger partial charge is 0.264 e. The van der Waals surface area contributed by atoms with E-state index in [0.29, 0.717) is 49.0 Å². The lowest BCUT2D eigenvalue weighted by Crippen LogP contribution is -2.48. The van der Waals surface area contributed by atoms with Crippen LogP contribution in [0.5, 0.6) is 5.88 Å². The van der Waals surface area contributed by atoms with Crippen molar-refractivity contribution in [1.29, 1.82) is 0 Å². The van der Waals surface area contributed by atoms with Gasteiger partial charge in [-0.3, -0.25) is 14.3 Å². The van der Waals surface area contributed by atoms with Gasteiger partial charge in [0.05, 0.1) is 24.0 Å². The van der Waals surface area contributed by atoms with Crippen LogP contribution in [0.4, 0.5) is 20.2 Å². The summed E-state index contributed by atoms with van der Waals surface area (Å²) in [6.45, 7) is 3.44. The summed E-state index contributed by atoms with van der Waals surface area (Å²) in [5.74, 6) is -2.60. The lowest BCUT2D eigenvalue weighted by atomic mass is 10.1. The zero-order valence-corrected chi connectivity index (χ0v) is 24.1. The van der Waals surface area contributed by atoms with Crippen LogP contribution in [0.25, 0.3) is 22.2 Å². The number of anilines is 2. The van der Waals surface area contributed by atoms with E-state index in [4.69, 9.17) is 9.72 Å². The van der Waals surface area contributed by atoms with Crippen LogP contribution in [0.1, 0.15) is 6.92 Å². The number of allylic oxidation sites excluding steroid dienone is 1. The molecule has 0 bridgehead atoms. The molecule has 0 saturated carbocycles. The van der Waals surface area contributed by atoms with Gasteiger partial charge in [-0.1, -0.05) is 18.2 Å². The van der Waals surface area contributed by atoms with E-state index in [1.165, 1.54) is 38.4 Å². The molecule has 43 heavy (non-hydrogen) atoms. The van der Waals surface area contributed by atoms with Gasteiger partial charge in [-0.25, -0.2) is 27.2 Å². The Morgan fingerprint density at radius 2 is 1.77 bits per heavy atom. The molecule has 2 aromatic heterocycles. The number of benzene rings is 2. The fourth-order valence-corrected chi connectivity index (χ4v) is 5.84. The maximum Gasteiger partial charge on any atom is 0.264 e. The minimum absolute atomic E-state index is 0.0538. The van der Waals surface area contributed by atoms with Gasteiger partial charge in [0.15, 0.2) is 5.78 Å². The highest BCUT2D eigenvalue weighted by Crippen LogP contribution is 2.33. The number of para-hydroxylation sites is 1. The number of hydrogen-bond acceptors (Lipinski definition) is 8. The number of halogens is 2. The number of ether oxygens (including phenoxy) is 1. The summed E-state index contributed by atoms with van der Waals surface area (Å²) in [5, 5.41) is 0.873. The fraction of sp³-hybridized carbons (Fsp3) is 0.200. The number of nitrogens with one attached hydrogen (secondary N) is 1. The van der Waals surface area contributed by atoms with E-state index in [9.17, 15) is 26.8 Å². The lowest BCUT2D eigenvalue weighted by molar-refractivity contribution is -0.126. The third-order valence-electron chi connectivity index (χ3n) is 6.86. The maximum atomic E-state index is 14.3. The first-order chi connectivity index (χ1) is 20.6. The van der Waals surface area contributed by atoms with Crippen molar-refractivity contribution in [2.75, 3.05) is 42.9 Å². The zero-order chi connectivity index (χ0) is 30.7.